The number of carbonyl (C=O) groups is 1. The number of nitrogens with two attached hydrogens (primary N) is 1. The monoisotopic (exact) mass is 402 g/mol. The maximum atomic E-state index is 12.6. The van der Waals surface area contributed by atoms with E-state index in [0.717, 1.165) is 5.75 Å². The lowest BCUT2D eigenvalue weighted by atomic mass is 10.2. The number of ether oxygens (including phenoxy) is 1. The van der Waals surface area contributed by atoms with Crippen LogP contribution in [-0.2, 0) is 19.7 Å². The number of halogens is 1. The van der Waals surface area contributed by atoms with E-state index < -0.39 is 16.3 Å². The van der Waals surface area contributed by atoms with Gasteiger partial charge >= 0.3 is 0 Å². The van der Waals surface area contributed by atoms with E-state index in [2.05, 4.69) is 0 Å². The van der Waals surface area contributed by atoms with Gasteiger partial charge in [-0.2, -0.15) is 28.8 Å². The normalized spacial score (nSPS) is 22.0. The summed E-state index contributed by atoms with van der Waals surface area (Å²) in [5.41, 5.74) is 5.91. The highest BCUT2D eigenvalue weighted by atomic mass is 35.5. The van der Waals surface area contributed by atoms with Gasteiger partial charge in [0.1, 0.15) is 0 Å². The molecule has 2 rings (SSSR count). The van der Waals surface area contributed by atoms with Gasteiger partial charge in [-0.1, -0.05) is 0 Å². The fraction of sp³-hybridized carbons (Fsp3) is 0.923. The molecule has 0 unspecified atom stereocenters. The van der Waals surface area contributed by atoms with Crippen molar-refractivity contribution in [1.29, 1.82) is 0 Å². The van der Waals surface area contributed by atoms with Gasteiger partial charge < -0.3 is 15.4 Å². The quantitative estimate of drug-likeness (QED) is 0.625. The number of thioether (sulfide) groups is 1. The Labute approximate surface area is 154 Å². The van der Waals surface area contributed by atoms with Crippen LogP contribution in [0.2, 0.25) is 0 Å². The molecule has 8 nitrogen and oxygen atoms in total. The first kappa shape index (κ1) is 21.9. The molecule has 0 aliphatic carbocycles. The van der Waals surface area contributed by atoms with Crippen molar-refractivity contribution in [3.8, 4) is 0 Å². The second-order valence-corrected chi connectivity index (χ2v) is 8.55. The van der Waals surface area contributed by atoms with Crippen LogP contribution in [0, 0.1) is 0 Å². The smallest absolute Gasteiger partial charge is 0.282 e. The maximum Gasteiger partial charge on any atom is 0.282 e. The van der Waals surface area contributed by atoms with Gasteiger partial charge in [0.25, 0.3) is 10.2 Å². The van der Waals surface area contributed by atoms with Gasteiger partial charge in [-0.3, -0.25) is 4.79 Å². The molecule has 0 aromatic heterocycles. The number of hydrogen-bond donors (Lipinski definition) is 1. The first-order chi connectivity index (χ1) is 11.0. The molecular weight excluding hydrogens is 376 g/mol. The van der Waals surface area contributed by atoms with Gasteiger partial charge in [-0.05, 0) is 18.4 Å². The van der Waals surface area contributed by atoms with Gasteiger partial charge in [-0.25, -0.2) is 0 Å². The highest BCUT2D eigenvalue weighted by molar-refractivity contribution is 7.98. The van der Waals surface area contributed by atoms with Crippen molar-refractivity contribution in [3.05, 3.63) is 0 Å². The van der Waals surface area contributed by atoms with E-state index in [-0.39, 0.29) is 18.3 Å². The summed E-state index contributed by atoms with van der Waals surface area (Å²) >= 11 is 1.66. The highest BCUT2D eigenvalue weighted by Crippen LogP contribution is 2.15. The first-order valence-electron chi connectivity index (χ1n) is 7.83. The summed E-state index contributed by atoms with van der Waals surface area (Å²) in [5, 5.41) is 0. The Hall–Kier alpha value is -0.100. The number of carbonyl (C=O) groups excluding carboxylic acids is 1. The summed E-state index contributed by atoms with van der Waals surface area (Å²) in [6.07, 6.45) is 2.62. The third-order valence-corrected chi connectivity index (χ3v) is 6.80. The Morgan fingerprint density at radius 1 is 1.12 bits per heavy atom. The zero-order chi connectivity index (χ0) is 16.9. The topological polar surface area (TPSA) is 96.2 Å². The molecular formula is C13H27ClN4O4S2. The van der Waals surface area contributed by atoms with E-state index in [4.69, 9.17) is 10.5 Å². The van der Waals surface area contributed by atoms with Crippen LogP contribution in [0.4, 0.5) is 0 Å². The summed E-state index contributed by atoms with van der Waals surface area (Å²) in [6, 6.07) is -0.496. The van der Waals surface area contributed by atoms with E-state index in [0.29, 0.717) is 58.9 Å². The Balaban J connectivity index is 0.00000288. The molecule has 1 atom stereocenters. The molecule has 2 aliphatic rings. The average Bonchev–Trinajstić information content (AvgIpc) is 2.59. The lowest BCUT2D eigenvalue weighted by Gasteiger charge is -2.38. The molecule has 0 radical (unpaired) electrons. The third-order valence-electron chi connectivity index (χ3n) is 4.12. The summed E-state index contributed by atoms with van der Waals surface area (Å²) in [7, 11) is -3.45. The van der Waals surface area contributed by atoms with Gasteiger partial charge in [0.2, 0.25) is 5.91 Å². The minimum Gasteiger partial charge on any atom is -0.379 e. The molecule has 2 fully saturated rings. The van der Waals surface area contributed by atoms with Crippen LogP contribution in [0.5, 0.6) is 0 Å². The minimum absolute atomic E-state index is 0. The number of rotatable bonds is 6. The molecule has 2 heterocycles. The standard InChI is InChI=1S/C13H26N4O4S2.ClH/c1-22-11-2-12(14)13(18)15-3-5-16(6-4-15)23(19,20)17-7-9-21-10-8-17;/h12H,2-11,14H2,1H3;1H/t12-;/m0./s1. The molecule has 24 heavy (non-hydrogen) atoms. The minimum atomic E-state index is -3.45. The van der Waals surface area contributed by atoms with E-state index in [1.807, 2.05) is 6.26 Å². The van der Waals surface area contributed by atoms with Crippen molar-refractivity contribution >= 4 is 40.3 Å². The molecule has 142 valence electrons. The molecule has 2 aliphatic heterocycles. The van der Waals surface area contributed by atoms with Crippen molar-refractivity contribution in [3.63, 3.8) is 0 Å². The number of morpholine rings is 1. The molecule has 0 saturated carbocycles. The zero-order valence-electron chi connectivity index (χ0n) is 13.9. The predicted octanol–water partition coefficient (Wildman–Crippen LogP) is -0.790. The molecule has 0 bridgehead atoms. The maximum absolute atomic E-state index is 12.6. The fourth-order valence-corrected chi connectivity index (χ4v) is 4.73. The van der Waals surface area contributed by atoms with Crippen LogP contribution < -0.4 is 5.73 Å². The SMILES string of the molecule is CSCC[C@H](N)C(=O)N1CCN(S(=O)(=O)N2CCOCC2)CC1.Cl. The van der Waals surface area contributed by atoms with E-state index >= 15 is 0 Å². The number of piperazine rings is 1. The van der Waals surface area contributed by atoms with Crippen LogP contribution in [0.1, 0.15) is 6.42 Å². The molecule has 11 heteroatoms. The van der Waals surface area contributed by atoms with E-state index in [1.165, 1.54) is 8.61 Å². The van der Waals surface area contributed by atoms with Crippen molar-refractivity contribution < 1.29 is 17.9 Å². The van der Waals surface area contributed by atoms with Crippen molar-refractivity contribution in [2.75, 3.05) is 64.5 Å². The Morgan fingerprint density at radius 2 is 1.67 bits per heavy atom. The molecule has 0 aromatic carbocycles. The zero-order valence-corrected chi connectivity index (χ0v) is 16.4. The molecule has 2 N–H and O–H groups in total. The summed E-state index contributed by atoms with van der Waals surface area (Å²) < 4.78 is 33.2. The van der Waals surface area contributed by atoms with Gasteiger partial charge in [0.05, 0.1) is 19.3 Å². The Bertz CT molecular complexity index is 494. The van der Waals surface area contributed by atoms with Crippen LogP contribution in [0.3, 0.4) is 0 Å². The third kappa shape index (κ3) is 5.45. The van der Waals surface area contributed by atoms with E-state index in [1.54, 1.807) is 16.7 Å². The molecule has 0 spiro atoms. The fourth-order valence-electron chi connectivity index (χ4n) is 2.68. The predicted molar refractivity (Wildman–Crippen MR) is 97.7 cm³/mol. The number of amides is 1. The lowest BCUT2D eigenvalue weighted by Crippen LogP contribution is -2.57. The van der Waals surface area contributed by atoms with Gasteiger partial charge in [0.15, 0.2) is 0 Å². The molecule has 1 amide bonds. The largest absolute Gasteiger partial charge is 0.379 e. The summed E-state index contributed by atoms with van der Waals surface area (Å²) in [4.78, 5) is 13.9. The highest BCUT2D eigenvalue weighted by Gasteiger charge is 2.34. The van der Waals surface area contributed by atoms with Crippen molar-refractivity contribution in [2.24, 2.45) is 5.73 Å². The number of nitrogens with zero attached hydrogens (tertiary/aromatic N) is 3. The number of hydrogen-bond acceptors (Lipinski definition) is 6. The van der Waals surface area contributed by atoms with Crippen molar-refractivity contribution in [2.45, 2.75) is 12.5 Å². The van der Waals surface area contributed by atoms with Gasteiger partial charge in [0, 0.05) is 39.3 Å². The lowest BCUT2D eigenvalue weighted by molar-refractivity contribution is -0.133. The van der Waals surface area contributed by atoms with Gasteiger partial charge in [-0.15, -0.1) is 12.4 Å². The van der Waals surface area contributed by atoms with E-state index in [9.17, 15) is 13.2 Å². The van der Waals surface area contributed by atoms with Crippen LogP contribution in [0.25, 0.3) is 0 Å². The summed E-state index contributed by atoms with van der Waals surface area (Å²) in [5.74, 6) is 0.764. The van der Waals surface area contributed by atoms with Crippen molar-refractivity contribution in [1.82, 2.24) is 13.5 Å². The van der Waals surface area contributed by atoms with Crippen LogP contribution >= 0.6 is 24.2 Å². The Kier molecular flexibility index (Phi) is 9.28. The first-order valence-corrected chi connectivity index (χ1v) is 10.6. The second-order valence-electron chi connectivity index (χ2n) is 5.63. The summed E-state index contributed by atoms with van der Waals surface area (Å²) in [6.45, 7) is 3.08. The molecule has 0 aromatic rings. The van der Waals surface area contributed by atoms with Crippen LogP contribution in [0.15, 0.2) is 0 Å². The second kappa shape index (κ2) is 10.1. The Morgan fingerprint density at radius 3 is 2.21 bits per heavy atom. The van der Waals surface area contributed by atoms with Crippen LogP contribution in [-0.4, -0.2) is 98.4 Å². The molecule has 2 saturated heterocycles. The average molecular weight is 403 g/mol.